The SMILES string of the molecule is CCCS(=O)(=O)c1ccccc1C(=O)NC1CC(N(CC)CC(=O)O)C1. The van der Waals surface area contributed by atoms with Gasteiger partial charge in [0.2, 0.25) is 0 Å². The highest BCUT2D eigenvalue weighted by molar-refractivity contribution is 7.91. The molecule has 144 valence electrons. The number of nitrogens with zero attached hydrogens (tertiary/aromatic N) is 1. The minimum Gasteiger partial charge on any atom is -0.480 e. The number of carbonyl (C=O) groups is 2. The van der Waals surface area contributed by atoms with Crippen LogP contribution < -0.4 is 5.32 Å². The Morgan fingerprint density at radius 3 is 2.46 bits per heavy atom. The minimum absolute atomic E-state index is 0.00342. The van der Waals surface area contributed by atoms with E-state index in [9.17, 15) is 18.0 Å². The lowest BCUT2D eigenvalue weighted by Gasteiger charge is -2.42. The highest BCUT2D eigenvalue weighted by atomic mass is 32.2. The van der Waals surface area contributed by atoms with Crippen LogP contribution in [0.4, 0.5) is 0 Å². The van der Waals surface area contributed by atoms with Crippen molar-refractivity contribution >= 4 is 21.7 Å². The summed E-state index contributed by atoms with van der Waals surface area (Å²) >= 11 is 0. The molecule has 0 heterocycles. The van der Waals surface area contributed by atoms with Crippen LogP contribution in [0.5, 0.6) is 0 Å². The number of rotatable bonds is 9. The normalized spacial score (nSPS) is 19.8. The highest BCUT2D eigenvalue weighted by Gasteiger charge is 2.35. The van der Waals surface area contributed by atoms with Crippen LogP contribution in [0.2, 0.25) is 0 Å². The molecule has 7 nitrogen and oxygen atoms in total. The second-order valence-corrected chi connectivity index (χ2v) is 8.65. The predicted molar refractivity (Wildman–Crippen MR) is 97.9 cm³/mol. The molecule has 2 N–H and O–H groups in total. The summed E-state index contributed by atoms with van der Waals surface area (Å²) in [6.45, 7) is 4.31. The van der Waals surface area contributed by atoms with Crippen LogP contribution in [0, 0.1) is 0 Å². The first-order valence-electron chi connectivity index (χ1n) is 8.87. The number of carboxylic acids is 1. The number of likely N-dealkylation sites (N-methyl/N-ethyl adjacent to an activating group) is 1. The third kappa shape index (κ3) is 4.82. The fraction of sp³-hybridized carbons (Fsp3) is 0.556. The molecule has 0 radical (unpaired) electrons. The molecule has 1 aliphatic rings. The number of nitrogens with one attached hydrogen (secondary N) is 1. The molecular formula is C18H26N2O5S. The van der Waals surface area contributed by atoms with E-state index in [0.717, 1.165) is 0 Å². The smallest absolute Gasteiger partial charge is 0.317 e. The molecule has 1 amide bonds. The number of amides is 1. The summed E-state index contributed by atoms with van der Waals surface area (Å²) in [5.74, 6) is -1.26. The van der Waals surface area contributed by atoms with Gasteiger partial charge >= 0.3 is 5.97 Å². The molecule has 26 heavy (non-hydrogen) atoms. The van der Waals surface area contributed by atoms with Gasteiger partial charge in [0, 0.05) is 12.1 Å². The fourth-order valence-corrected chi connectivity index (χ4v) is 4.78. The maximum atomic E-state index is 12.6. The molecule has 0 aromatic heterocycles. The van der Waals surface area contributed by atoms with Gasteiger partial charge in [-0.15, -0.1) is 0 Å². The number of carbonyl (C=O) groups excluding carboxylic acids is 1. The molecule has 0 aliphatic heterocycles. The van der Waals surface area contributed by atoms with Gasteiger partial charge in [-0.3, -0.25) is 14.5 Å². The van der Waals surface area contributed by atoms with Crippen LogP contribution >= 0.6 is 0 Å². The highest BCUT2D eigenvalue weighted by Crippen LogP contribution is 2.26. The molecule has 0 spiro atoms. The van der Waals surface area contributed by atoms with Crippen molar-refractivity contribution in [3.05, 3.63) is 29.8 Å². The van der Waals surface area contributed by atoms with Gasteiger partial charge < -0.3 is 10.4 Å². The van der Waals surface area contributed by atoms with Gasteiger partial charge in [0.1, 0.15) is 0 Å². The zero-order valence-electron chi connectivity index (χ0n) is 15.1. The Kier molecular flexibility index (Phi) is 6.77. The van der Waals surface area contributed by atoms with Crippen molar-refractivity contribution < 1.29 is 23.1 Å². The van der Waals surface area contributed by atoms with Gasteiger partial charge in [-0.25, -0.2) is 8.42 Å². The van der Waals surface area contributed by atoms with Crippen LogP contribution in [-0.2, 0) is 14.6 Å². The van der Waals surface area contributed by atoms with E-state index in [2.05, 4.69) is 5.32 Å². The zero-order valence-corrected chi connectivity index (χ0v) is 16.0. The number of sulfone groups is 1. The Labute approximate surface area is 154 Å². The first kappa shape index (κ1) is 20.4. The number of aliphatic carboxylic acids is 1. The third-order valence-electron chi connectivity index (χ3n) is 4.65. The summed E-state index contributed by atoms with van der Waals surface area (Å²) in [5.41, 5.74) is 0.169. The molecule has 1 saturated carbocycles. The van der Waals surface area contributed by atoms with Crippen molar-refractivity contribution in [1.29, 1.82) is 0 Å². The van der Waals surface area contributed by atoms with Crippen LogP contribution in [-0.4, -0.2) is 61.2 Å². The average molecular weight is 382 g/mol. The van der Waals surface area contributed by atoms with E-state index in [-0.39, 0.29) is 34.8 Å². The van der Waals surface area contributed by atoms with E-state index < -0.39 is 21.7 Å². The maximum Gasteiger partial charge on any atom is 0.317 e. The Morgan fingerprint density at radius 2 is 1.88 bits per heavy atom. The standard InChI is InChI=1S/C18H26N2O5S/c1-3-9-26(24,25)16-8-6-5-7-15(16)18(23)19-13-10-14(11-13)20(4-2)12-17(21)22/h5-8,13-14H,3-4,9-12H2,1-2H3,(H,19,23)(H,21,22). The number of hydrogen-bond acceptors (Lipinski definition) is 5. The second kappa shape index (κ2) is 8.64. The van der Waals surface area contributed by atoms with Gasteiger partial charge in [-0.05, 0) is 37.9 Å². The van der Waals surface area contributed by atoms with Crippen molar-refractivity contribution in [3.8, 4) is 0 Å². The van der Waals surface area contributed by atoms with Gasteiger partial charge in [0.25, 0.3) is 5.91 Å². The summed E-state index contributed by atoms with van der Waals surface area (Å²) in [7, 11) is -3.49. The molecule has 8 heteroatoms. The molecule has 0 atom stereocenters. The van der Waals surface area contributed by atoms with Crippen LogP contribution in [0.1, 0.15) is 43.5 Å². The summed E-state index contributed by atoms with van der Waals surface area (Å²) in [5, 5.41) is 11.8. The first-order chi connectivity index (χ1) is 12.3. The zero-order chi connectivity index (χ0) is 19.3. The molecular weight excluding hydrogens is 356 g/mol. The van der Waals surface area contributed by atoms with Crippen LogP contribution in [0.15, 0.2) is 29.2 Å². The lowest BCUT2D eigenvalue weighted by Crippen LogP contribution is -2.54. The number of carboxylic acid groups (broad SMARTS) is 1. The Hall–Kier alpha value is -1.93. The van der Waals surface area contributed by atoms with Crippen LogP contribution in [0.25, 0.3) is 0 Å². The van der Waals surface area contributed by atoms with E-state index in [1.54, 1.807) is 19.1 Å². The summed E-state index contributed by atoms with van der Waals surface area (Å²) in [4.78, 5) is 25.4. The fourth-order valence-electron chi connectivity index (χ4n) is 3.24. The molecule has 0 saturated heterocycles. The van der Waals surface area contributed by atoms with E-state index in [1.165, 1.54) is 12.1 Å². The number of hydrogen-bond donors (Lipinski definition) is 2. The van der Waals surface area contributed by atoms with E-state index in [1.807, 2.05) is 11.8 Å². The predicted octanol–water partition coefficient (Wildman–Crippen LogP) is 1.54. The van der Waals surface area contributed by atoms with Gasteiger partial charge in [0.15, 0.2) is 9.84 Å². The molecule has 1 aromatic carbocycles. The molecule has 0 unspecified atom stereocenters. The number of benzene rings is 1. The molecule has 1 fully saturated rings. The maximum absolute atomic E-state index is 12.6. The monoisotopic (exact) mass is 382 g/mol. The van der Waals surface area contributed by atoms with Crippen molar-refractivity contribution in [2.24, 2.45) is 0 Å². The summed E-state index contributed by atoms with van der Waals surface area (Å²) < 4.78 is 24.7. The Morgan fingerprint density at radius 1 is 1.23 bits per heavy atom. The van der Waals surface area contributed by atoms with Crippen molar-refractivity contribution in [2.75, 3.05) is 18.8 Å². The van der Waals surface area contributed by atoms with Crippen LogP contribution in [0.3, 0.4) is 0 Å². The lowest BCUT2D eigenvalue weighted by molar-refractivity contribution is -0.139. The van der Waals surface area contributed by atoms with Gasteiger partial charge in [-0.1, -0.05) is 26.0 Å². The van der Waals surface area contributed by atoms with E-state index in [0.29, 0.717) is 25.8 Å². The topological polar surface area (TPSA) is 104 Å². The van der Waals surface area contributed by atoms with Crippen molar-refractivity contribution in [2.45, 2.75) is 50.1 Å². The molecule has 2 rings (SSSR count). The van der Waals surface area contributed by atoms with Crippen molar-refractivity contribution in [1.82, 2.24) is 10.2 Å². The average Bonchev–Trinajstić information content (AvgIpc) is 2.55. The molecule has 0 bridgehead atoms. The van der Waals surface area contributed by atoms with Gasteiger partial charge in [0.05, 0.1) is 22.8 Å². The summed E-state index contributed by atoms with van der Waals surface area (Å²) in [6, 6.07) is 6.31. The van der Waals surface area contributed by atoms with E-state index >= 15 is 0 Å². The van der Waals surface area contributed by atoms with Crippen molar-refractivity contribution in [3.63, 3.8) is 0 Å². The molecule has 1 aromatic rings. The lowest BCUT2D eigenvalue weighted by atomic mass is 9.85. The molecule has 1 aliphatic carbocycles. The third-order valence-corrected chi connectivity index (χ3v) is 6.62. The Bertz CT molecular complexity index is 757. The summed E-state index contributed by atoms with van der Waals surface area (Å²) in [6.07, 6.45) is 1.81. The minimum atomic E-state index is -3.49. The Balaban J connectivity index is 2.01. The van der Waals surface area contributed by atoms with E-state index in [4.69, 9.17) is 5.11 Å². The second-order valence-electron chi connectivity index (χ2n) is 6.57. The quantitative estimate of drug-likeness (QED) is 0.671. The van der Waals surface area contributed by atoms with Gasteiger partial charge in [-0.2, -0.15) is 0 Å². The largest absolute Gasteiger partial charge is 0.480 e. The first-order valence-corrected chi connectivity index (χ1v) is 10.5.